The maximum absolute atomic E-state index is 6.92. The summed E-state index contributed by atoms with van der Waals surface area (Å²) in [6.45, 7) is 0. The van der Waals surface area contributed by atoms with Gasteiger partial charge in [0.05, 0.1) is 9.75 Å². The highest BCUT2D eigenvalue weighted by atomic mass is 32.1. The molecule has 0 aliphatic carbocycles. The van der Waals surface area contributed by atoms with E-state index in [2.05, 4.69) is 132 Å². The van der Waals surface area contributed by atoms with Gasteiger partial charge in [0.15, 0.2) is 11.2 Å². The molecule has 0 bridgehead atoms. The van der Waals surface area contributed by atoms with Gasteiger partial charge in [-0.2, -0.15) is 0 Å². The fraction of sp³-hybridized carbons (Fsp3) is 0.0556. The molecule has 4 heterocycles. The molecule has 0 fully saturated rings. The third-order valence-electron chi connectivity index (χ3n) is 7.90. The number of fused-ring (bicyclic) bond motifs is 5. The van der Waals surface area contributed by atoms with Crippen molar-refractivity contribution in [2.24, 2.45) is 0 Å². The molecule has 0 radical (unpaired) electrons. The van der Waals surface area contributed by atoms with Gasteiger partial charge in [0.1, 0.15) is 11.5 Å². The third-order valence-corrected chi connectivity index (χ3v) is 9.87. The molecular weight excluding hydrogens is 529 g/mol. The van der Waals surface area contributed by atoms with Crippen LogP contribution in [0.25, 0.3) is 22.9 Å². The van der Waals surface area contributed by atoms with Crippen molar-refractivity contribution in [1.82, 2.24) is 0 Å². The average Bonchev–Trinajstić information content (AvgIpc) is 3.77. The minimum Gasteiger partial charge on any atom is -0.472 e. The molecular formula is C36H24O2S2. The Balaban J connectivity index is 1.25. The summed E-state index contributed by atoms with van der Waals surface area (Å²) >= 11 is 3.43. The van der Waals surface area contributed by atoms with Crippen LogP contribution in [0.4, 0.5) is 0 Å². The second-order valence-electron chi connectivity index (χ2n) is 10.1. The maximum Gasteiger partial charge on any atom is 0.187 e. The summed E-state index contributed by atoms with van der Waals surface area (Å²) < 4.78 is 13.8. The summed E-state index contributed by atoms with van der Waals surface area (Å²) in [5, 5.41) is 6.52. The van der Waals surface area contributed by atoms with E-state index in [1.165, 1.54) is 0 Å². The maximum atomic E-state index is 6.92. The van der Waals surface area contributed by atoms with E-state index in [9.17, 15) is 0 Å². The van der Waals surface area contributed by atoms with Gasteiger partial charge in [0.25, 0.3) is 0 Å². The molecule has 0 N–H and O–H groups in total. The Hall–Kier alpha value is -4.38. The van der Waals surface area contributed by atoms with Crippen molar-refractivity contribution in [3.8, 4) is 11.5 Å². The standard InChI is InChI=1S/C36H24O2S2/c1-3-9-25(10-4-1)35(33-13-7-23-39-33)21-19-29-27-16-18-32-30(28(27)15-17-31(29)37-35)20-22-36(38-32,34-14-8-24-40-34)26-11-5-2-6-12-26/h1-24H. The van der Waals surface area contributed by atoms with E-state index in [1.807, 2.05) is 12.1 Å². The van der Waals surface area contributed by atoms with Crippen LogP contribution in [-0.2, 0) is 11.2 Å². The van der Waals surface area contributed by atoms with Gasteiger partial charge in [-0.1, -0.05) is 72.8 Å². The Morgan fingerprint density at radius 2 is 0.900 bits per heavy atom. The molecule has 0 saturated heterocycles. The number of rotatable bonds is 4. The summed E-state index contributed by atoms with van der Waals surface area (Å²) in [5.74, 6) is 1.76. The lowest BCUT2D eigenvalue weighted by Gasteiger charge is -2.36. The minimum atomic E-state index is -0.649. The molecule has 192 valence electrons. The van der Waals surface area contributed by atoms with Gasteiger partial charge in [-0.15, -0.1) is 22.7 Å². The number of hydrogen-bond donors (Lipinski definition) is 0. The van der Waals surface area contributed by atoms with Crippen molar-refractivity contribution in [3.05, 3.63) is 164 Å². The summed E-state index contributed by atoms with van der Waals surface area (Å²) in [5.41, 5.74) is 3.12. The molecule has 0 saturated carbocycles. The lowest BCUT2D eigenvalue weighted by atomic mass is 9.86. The van der Waals surface area contributed by atoms with Crippen LogP contribution in [0.2, 0.25) is 0 Å². The molecule has 4 aromatic carbocycles. The molecule has 8 rings (SSSR count). The molecule has 2 nitrogen and oxygen atoms in total. The Labute approximate surface area is 241 Å². The van der Waals surface area contributed by atoms with Crippen LogP contribution in [-0.4, -0.2) is 0 Å². The lowest BCUT2D eigenvalue weighted by Crippen LogP contribution is -2.33. The number of hydrogen-bond acceptors (Lipinski definition) is 4. The Bertz CT molecular complexity index is 1750. The molecule has 0 amide bonds. The van der Waals surface area contributed by atoms with Gasteiger partial charge in [0, 0.05) is 22.3 Å². The molecule has 2 aromatic heterocycles. The van der Waals surface area contributed by atoms with E-state index in [4.69, 9.17) is 9.47 Å². The fourth-order valence-corrected chi connectivity index (χ4v) is 7.69. The first-order chi connectivity index (χ1) is 19.8. The van der Waals surface area contributed by atoms with Gasteiger partial charge in [-0.3, -0.25) is 0 Å². The van der Waals surface area contributed by atoms with Gasteiger partial charge in [-0.05, 0) is 82.2 Å². The van der Waals surface area contributed by atoms with Crippen molar-refractivity contribution in [2.45, 2.75) is 11.2 Å². The predicted molar refractivity (Wildman–Crippen MR) is 166 cm³/mol. The van der Waals surface area contributed by atoms with Gasteiger partial charge in [0.2, 0.25) is 0 Å². The molecule has 2 aliphatic heterocycles. The van der Waals surface area contributed by atoms with Crippen LogP contribution in [0.15, 0.2) is 132 Å². The Kier molecular flexibility index (Phi) is 5.34. The summed E-state index contributed by atoms with van der Waals surface area (Å²) in [4.78, 5) is 2.32. The highest BCUT2D eigenvalue weighted by Crippen LogP contribution is 2.49. The Morgan fingerprint density at radius 1 is 0.450 bits per heavy atom. The summed E-state index contributed by atoms with van der Waals surface area (Å²) in [6, 6.07) is 38.0. The van der Waals surface area contributed by atoms with Gasteiger partial charge in [-0.25, -0.2) is 0 Å². The smallest absolute Gasteiger partial charge is 0.187 e. The second kappa shape index (κ2) is 9.09. The van der Waals surface area contributed by atoms with Crippen LogP contribution in [0.3, 0.4) is 0 Å². The third kappa shape index (κ3) is 3.46. The van der Waals surface area contributed by atoms with Crippen molar-refractivity contribution in [2.75, 3.05) is 0 Å². The first-order valence-electron chi connectivity index (χ1n) is 13.3. The SMILES string of the molecule is C1=CC(c2ccccc2)(c2cccs2)Oc2ccc3c4c(ccc3c21)OC(c1ccccc1)(c1cccs1)C=C4. The largest absolute Gasteiger partial charge is 0.472 e. The van der Waals surface area contributed by atoms with Gasteiger partial charge >= 0.3 is 0 Å². The van der Waals surface area contributed by atoms with Crippen molar-refractivity contribution in [1.29, 1.82) is 0 Å². The highest BCUT2D eigenvalue weighted by Gasteiger charge is 2.40. The zero-order chi connectivity index (χ0) is 26.6. The van der Waals surface area contributed by atoms with E-state index >= 15 is 0 Å². The van der Waals surface area contributed by atoms with Crippen LogP contribution in [0, 0.1) is 0 Å². The second-order valence-corrected chi connectivity index (χ2v) is 12.0. The first kappa shape index (κ1) is 23.5. The first-order valence-corrected chi connectivity index (χ1v) is 15.1. The lowest BCUT2D eigenvalue weighted by molar-refractivity contribution is 0.164. The van der Waals surface area contributed by atoms with Gasteiger partial charge < -0.3 is 9.47 Å². The quantitative estimate of drug-likeness (QED) is 0.217. The molecule has 2 unspecified atom stereocenters. The van der Waals surface area contributed by atoms with Crippen molar-refractivity contribution < 1.29 is 9.47 Å². The summed E-state index contributed by atoms with van der Waals surface area (Å²) in [6.07, 6.45) is 8.87. The van der Waals surface area contributed by atoms with Crippen molar-refractivity contribution in [3.63, 3.8) is 0 Å². The Morgan fingerprint density at radius 3 is 1.30 bits per heavy atom. The summed E-state index contributed by atoms with van der Waals surface area (Å²) in [7, 11) is 0. The van der Waals surface area contributed by atoms with Crippen molar-refractivity contribution >= 4 is 45.6 Å². The molecule has 2 aliphatic rings. The van der Waals surface area contributed by atoms with Crippen LogP contribution in [0.5, 0.6) is 11.5 Å². The number of thiophene rings is 2. The molecule has 0 spiro atoms. The monoisotopic (exact) mass is 552 g/mol. The molecule has 2 atom stereocenters. The van der Waals surface area contributed by atoms with E-state index in [0.29, 0.717) is 0 Å². The van der Waals surface area contributed by atoms with E-state index in [1.54, 1.807) is 22.7 Å². The zero-order valence-corrected chi connectivity index (χ0v) is 23.1. The minimum absolute atomic E-state index is 0.649. The van der Waals surface area contributed by atoms with Crippen LogP contribution < -0.4 is 9.47 Å². The highest BCUT2D eigenvalue weighted by molar-refractivity contribution is 7.10. The topological polar surface area (TPSA) is 18.5 Å². The molecule has 6 aromatic rings. The van der Waals surface area contributed by atoms with E-state index in [0.717, 1.165) is 54.3 Å². The fourth-order valence-electron chi connectivity index (χ4n) is 5.96. The normalized spacial score (nSPS) is 20.9. The average molecular weight is 553 g/mol. The molecule has 40 heavy (non-hydrogen) atoms. The number of benzene rings is 4. The van der Waals surface area contributed by atoms with E-state index < -0.39 is 11.2 Å². The van der Waals surface area contributed by atoms with E-state index in [-0.39, 0.29) is 0 Å². The molecule has 4 heteroatoms. The predicted octanol–water partition coefficient (Wildman–Crippen LogP) is 9.66. The van der Waals surface area contributed by atoms with Crippen LogP contribution >= 0.6 is 22.7 Å². The number of ether oxygens (including phenoxy) is 2. The zero-order valence-electron chi connectivity index (χ0n) is 21.5. The van der Waals surface area contributed by atoms with Crippen LogP contribution in [0.1, 0.15) is 32.0 Å².